The van der Waals surface area contributed by atoms with Gasteiger partial charge in [0, 0.05) is 18.1 Å². The average molecular weight is 467 g/mol. The lowest BCUT2D eigenvalue weighted by atomic mass is 10.2. The molecule has 1 N–H and O–H groups in total. The maximum atomic E-state index is 13.9. The second-order valence-corrected chi connectivity index (χ2v) is 6.80. The molecule has 0 saturated heterocycles. The molecular weight excluding hydrogens is 450 g/mol. The normalized spacial score (nSPS) is 15.5. The summed E-state index contributed by atoms with van der Waals surface area (Å²) in [6, 6.07) is 8.29. The summed E-state index contributed by atoms with van der Waals surface area (Å²) in [5, 5.41) is 14.6. The molecule has 3 aromatic rings. The van der Waals surface area contributed by atoms with E-state index in [-0.39, 0.29) is 11.8 Å². The predicted octanol–water partition coefficient (Wildman–Crippen LogP) is 2.55. The van der Waals surface area contributed by atoms with E-state index in [0.29, 0.717) is 25.2 Å². The van der Waals surface area contributed by atoms with E-state index < -0.39 is 24.1 Å². The van der Waals surface area contributed by atoms with Crippen molar-refractivity contribution in [2.45, 2.75) is 25.4 Å². The molecule has 0 saturated carbocycles. The molecule has 0 spiro atoms. The van der Waals surface area contributed by atoms with E-state index in [0.717, 1.165) is 5.69 Å². The molecule has 0 aliphatic carbocycles. The van der Waals surface area contributed by atoms with Gasteiger partial charge in [0.25, 0.3) is 11.8 Å². The van der Waals surface area contributed by atoms with Crippen LogP contribution in [0, 0.1) is 5.82 Å². The van der Waals surface area contributed by atoms with Gasteiger partial charge < -0.3 is 19.3 Å². The first-order valence-electron chi connectivity index (χ1n) is 9.42. The lowest BCUT2D eigenvalue weighted by molar-refractivity contribution is -0.192. The van der Waals surface area contributed by atoms with Crippen LogP contribution < -0.4 is 4.74 Å². The number of fused-ring (bicyclic) bond motifs is 1. The van der Waals surface area contributed by atoms with Crippen LogP contribution in [0.4, 0.5) is 17.6 Å². The number of pyridine rings is 1. The molecular formula is C20H17F4N5O4. The first-order chi connectivity index (χ1) is 15.6. The van der Waals surface area contributed by atoms with E-state index >= 15 is 0 Å². The van der Waals surface area contributed by atoms with E-state index in [9.17, 15) is 22.4 Å². The van der Waals surface area contributed by atoms with Gasteiger partial charge in [-0.1, -0.05) is 0 Å². The number of carbonyl (C=O) groups is 2. The van der Waals surface area contributed by atoms with Gasteiger partial charge in [0.2, 0.25) is 0 Å². The fourth-order valence-corrected chi connectivity index (χ4v) is 3.00. The van der Waals surface area contributed by atoms with Crippen molar-refractivity contribution in [1.29, 1.82) is 0 Å². The lowest BCUT2D eigenvalue weighted by Crippen LogP contribution is -2.39. The minimum atomic E-state index is -5.08. The van der Waals surface area contributed by atoms with E-state index in [1.54, 1.807) is 11.0 Å². The van der Waals surface area contributed by atoms with Gasteiger partial charge in [-0.2, -0.15) is 23.4 Å². The number of nitrogens with zero attached hydrogens (tertiary/aromatic N) is 5. The van der Waals surface area contributed by atoms with Gasteiger partial charge in [0.15, 0.2) is 5.82 Å². The van der Waals surface area contributed by atoms with Crippen LogP contribution in [0.5, 0.6) is 5.88 Å². The number of rotatable bonds is 3. The fraction of sp³-hybridized carbons (Fsp3) is 0.250. The standard InChI is InChI=1S/C18H16FN5O2.C2HF3O2/c19-16-4-1-6-20-17(16)26-15-11-23-8-2-3-14(23)10-24(12-15)18(25)13-5-7-21-22-9-13;3-2(4,5)1(6)7/h1-9,15H,10-12H2;(H,6,7). The van der Waals surface area contributed by atoms with Crippen LogP contribution in [0.3, 0.4) is 0 Å². The van der Waals surface area contributed by atoms with Crippen molar-refractivity contribution >= 4 is 11.9 Å². The molecule has 174 valence electrons. The number of carbonyl (C=O) groups excluding carboxylic acids is 1. The Kier molecular flexibility index (Phi) is 7.20. The van der Waals surface area contributed by atoms with Crippen molar-refractivity contribution < 1.29 is 37.0 Å². The minimum absolute atomic E-state index is 0.0638. The van der Waals surface area contributed by atoms with E-state index in [1.165, 1.54) is 30.7 Å². The SMILES string of the molecule is O=C(O)C(F)(F)F.O=C(c1ccnnc1)N1Cc2cccn2CC(Oc2ncccc2F)C1. The zero-order valence-electron chi connectivity index (χ0n) is 16.8. The van der Waals surface area contributed by atoms with Crippen LogP contribution in [0.1, 0.15) is 16.1 Å². The summed E-state index contributed by atoms with van der Waals surface area (Å²) in [4.78, 5) is 27.4. The maximum absolute atomic E-state index is 13.9. The van der Waals surface area contributed by atoms with Gasteiger partial charge in [-0.05, 0) is 30.3 Å². The number of aromatic nitrogens is 4. The van der Waals surface area contributed by atoms with Crippen molar-refractivity contribution in [3.63, 3.8) is 0 Å². The van der Waals surface area contributed by atoms with Crippen LogP contribution in [0.15, 0.2) is 55.1 Å². The molecule has 0 aromatic carbocycles. The number of hydrogen-bond donors (Lipinski definition) is 1. The van der Waals surface area contributed by atoms with Crippen LogP contribution in [0.2, 0.25) is 0 Å². The van der Waals surface area contributed by atoms with Crippen LogP contribution in [-0.2, 0) is 17.9 Å². The Hall–Kier alpha value is -4.03. The van der Waals surface area contributed by atoms with Gasteiger partial charge in [-0.3, -0.25) is 4.79 Å². The van der Waals surface area contributed by atoms with Gasteiger partial charge in [0.05, 0.1) is 37.6 Å². The Morgan fingerprint density at radius 2 is 1.85 bits per heavy atom. The molecule has 0 bridgehead atoms. The van der Waals surface area contributed by atoms with Gasteiger partial charge in [-0.15, -0.1) is 0 Å². The molecule has 1 aliphatic rings. The number of halogens is 4. The van der Waals surface area contributed by atoms with Crippen LogP contribution >= 0.6 is 0 Å². The number of alkyl halides is 3. The molecule has 0 radical (unpaired) electrons. The van der Waals surface area contributed by atoms with E-state index in [2.05, 4.69) is 15.2 Å². The number of aliphatic carboxylic acids is 1. The number of ether oxygens (including phenoxy) is 1. The molecule has 3 aromatic heterocycles. The van der Waals surface area contributed by atoms with Crippen molar-refractivity contribution in [3.8, 4) is 5.88 Å². The Labute approximate surface area is 184 Å². The van der Waals surface area contributed by atoms with Crippen molar-refractivity contribution in [3.05, 3.63) is 72.2 Å². The Balaban J connectivity index is 0.000000383. The fourth-order valence-electron chi connectivity index (χ4n) is 3.00. The number of carboxylic acid groups (broad SMARTS) is 1. The smallest absolute Gasteiger partial charge is 0.475 e. The highest BCUT2D eigenvalue weighted by atomic mass is 19.4. The van der Waals surface area contributed by atoms with Gasteiger partial charge in [0.1, 0.15) is 6.10 Å². The zero-order chi connectivity index (χ0) is 24.0. The summed E-state index contributed by atoms with van der Waals surface area (Å²) < 4.78 is 53.4. The molecule has 1 aliphatic heterocycles. The highest BCUT2D eigenvalue weighted by molar-refractivity contribution is 5.93. The van der Waals surface area contributed by atoms with Crippen LogP contribution in [0.25, 0.3) is 0 Å². The van der Waals surface area contributed by atoms with E-state index in [1.807, 2.05) is 22.9 Å². The van der Waals surface area contributed by atoms with E-state index in [4.69, 9.17) is 14.6 Å². The summed E-state index contributed by atoms with van der Waals surface area (Å²) in [5.74, 6) is -3.52. The average Bonchev–Trinajstić information content (AvgIpc) is 3.13. The van der Waals surface area contributed by atoms with Crippen molar-refractivity contribution in [2.75, 3.05) is 6.54 Å². The molecule has 0 fully saturated rings. The molecule has 1 unspecified atom stereocenters. The third-order valence-electron chi connectivity index (χ3n) is 4.46. The molecule has 4 heterocycles. The topological polar surface area (TPSA) is 110 Å². The molecule has 1 amide bonds. The molecule has 33 heavy (non-hydrogen) atoms. The first-order valence-corrected chi connectivity index (χ1v) is 9.42. The third-order valence-corrected chi connectivity index (χ3v) is 4.46. The minimum Gasteiger partial charge on any atom is -0.475 e. The summed E-state index contributed by atoms with van der Waals surface area (Å²) in [6.07, 6.45) is 0.780. The second kappa shape index (κ2) is 10.1. The predicted molar refractivity (Wildman–Crippen MR) is 104 cm³/mol. The number of amides is 1. The summed E-state index contributed by atoms with van der Waals surface area (Å²) in [5.41, 5.74) is 1.43. The first kappa shape index (κ1) is 23.6. The molecule has 1 atom stereocenters. The van der Waals surface area contributed by atoms with Crippen LogP contribution in [-0.4, -0.2) is 60.5 Å². The Morgan fingerprint density at radius 1 is 1.09 bits per heavy atom. The quantitative estimate of drug-likeness (QED) is 0.590. The molecule has 4 rings (SSSR count). The second-order valence-electron chi connectivity index (χ2n) is 6.80. The van der Waals surface area contributed by atoms with Gasteiger partial charge in [-0.25, -0.2) is 14.2 Å². The maximum Gasteiger partial charge on any atom is 0.490 e. The lowest BCUT2D eigenvalue weighted by Gasteiger charge is -2.24. The van der Waals surface area contributed by atoms with Gasteiger partial charge >= 0.3 is 12.1 Å². The van der Waals surface area contributed by atoms with Crippen molar-refractivity contribution in [2.24, 2.45) is 0 Å². The number of carboxylic acids is 1. The molecule has 13 heteroatoms. The summed E-state index contributed by atoms with van der Waals surface area (Å²) >= 11 is 0. The largest absolute Gasteiger partial charge is 0.490 e. The number of hydrogen-bond acceptors (Lipinski definition) is 6. The summed E-state index contributed by atoms with van der Waals surface area (Å²) in [7, 11) is 0. The molecule has 9 nitrogen and oxygen atoms in total. The monoisotopic (exact) mass is 467 g/mol. The van der Waals surface area contributed by atoms with Crippen molar-refractivity contribution in [1.82, 2.24) is 24.6 Å². The highest BCUT2D eigenvalue weighted by Gasteiger charge is 2.38. The third kappa shape index (κ3) is 6.24. The Bertz CT molecular complexity index is 1110. The summed E-state index contributed by atoms with van der Waals surface area (Å²) in [6.45, 7) is 1.23. The zero-order valence-corrected chi connectivity index (χ0v) is 16.8. The highest BCUT2D eigenvalue weighted by Crippen LogP contribution is 2.20. The Morgan fingerprint density at radius 3 is 2.48 bits per heavy atom.